The van der Waals surface area contributed by atoms with E-state index in [1.807, 2.05) is 20.8 Å². The van der Waals surface area contributed by atoms with Crippen LogP contribution in [-0.2, 0) is 9.53 Å². The minimum absolute atomic E-state index is 0.00176. The Balaban J connectivity index is 2.56. The molecular formula is C13H26N2O2. The zero-order valence-electron chi connectivity index (χ0n) is 11.7. The van der Waals surface area contributed by atoms with Crippen molar-refractivity contribution in [3.8, 4) is 0 Å². The molecule has 4 nitrogen and oxygen atoms in total. The molecule has 0 unspecified atom stereocenters. The monoisotopic (exact) mass is 242 g/mol. The molecule has 1 amide bonds. The second kappa shape index (κ2) is 5.83. The third-order valence-corrected chi connectivity index (χ3v) is 3.51. The van der Waals surface area contributed by atoms with Crippen molar-refractivity contribution in [2.45, 2.75) is 57.7 Å². The third kappa shape index (κ3) is 3.68. The van der Waals surface area contributed by atoms with Crippen LogP contribution in [0, 0.1) is 0 Å². The van der Waals surface area contributed by atoms with E-state index in [0.717, 1.165) is 12.8 Å². The van der Waals surface area contributed by atoms with Crippen molar-refractivity contribution in [2.24, 2.45) is 0 Å². The third-order valence-electron chi connectivity index (χ3n) is 3.51. The molecule has 1 N–H and O–H groups in total. The summed E-state index contributed by atoms with van der Waals surface area (Å²) in [7, 11) is 4.14. The summed E-state index contributed by atoms with van der Waals surface area (Å²) in [5.74, 6) is -0.00176. The van der Waals surface area contributed by atoms with Crippen LogP contribution in [0.2, 0.25) is 0 Å². The molecule has 0 saturated heterocycles. The molecule has 0 radical (unpaired) electrons. The van der Waals surface area contributed by atoms with E-state index < -0.39 is 5.60 Å². The van der Waals surface area contributed by atoms with E-state index >= 15 is 0 Å². The number of hydrogen-bond donors (Lipinski definition) is 1. The van der Waals surface area contributed by atoms with Gasteiger partial charge in [0.2, 0.25) is 0 Å². The summed E-state index contributed by atoms with van der Waals surface area (Å²) >= 11 is 0. The average molecular weight is 242 g/mol. The zero-order chi connectivity index (χ0) is 13.1. The first-order chi connectivity index (χ1) is 7.88. The van der Waals surface area contributed by atoms with Crippen LogP contribution in [0.15, 0.2) is 0 Å². The lowest BCUT2D eigenvalue weighted by Gasteiger charge is -2.30. The molecule has 1 saturated carbocycles. The topological polar surface area (TPSA) is 41.6 Å². The highest BCUT2D eigenvalue weighted by Crippen LogP contribution is 2.23. The molecular weight excluding hydrogens is 216 g/mol. The molecule has 1 rings (SSSR count). The summed E-state index contributed by atoms with van der Waals surface area (Å²) in [6, 6.07) is 0.716. The fourth-order valence-electron chi connectivity index (χ4n) is 2.50. The van der Waals surface area contributed by atoms with Crippen LogP contribution in [0.1, 0.15) is 40.0 Å². The van der Waals surface area contributed by atoms with E-state index in [4.69, 9.17) is 4.74 Å². The average Bonchev–Trinajstić information content (AvgIpc) is 2.65. The van der Waals surface area contributed by atoms with Crippen LogP contribution in [0.3, 0.4) is 0 Å². The maximum absolute atomic E-state index is 12.1. The Morgan fingerprint density at radius 2 is 2.06 bits per heavy atom. The van der Waals surface area contributed by atoms with Crippen LogP contribution in [0.4, 0.5) is 0 Å². The molecule has 0 aromatic heterocycles. The van der Waals surface area contributed by atoms with Crippen molar-refractivity contribution in [3.63, 3.8) is 0 Å². The molecule has 4 heteroatoms. The van der Waals surface area contributed by atoms with Crippen LogP contribution in [-0.4, -0.2) is 49.2 Å². The lowest BCUT2D eigenvalue weighted by molar-refractivity contribution is -0.143. The highest BCUT2D eigenvalue weighted by atomic mass is 16.5. The summed E-state index contributed by atoms with van der Waals surface area (Å²) in [4.78, 5) is 14.3. The Morgan fingerprint density at radius 3 is 2.59 bits per heavy atom. The largest absolute Gasteiger partial charge is 0.366 e. The lowest BCUT2D eigenvalue weighted by atomic mass is 10.1. The van der Waals surface area contributed by atoms with Crippen molar-refractivity contribution in [2.75, 3.05) is 20.7 Å². The van der Waals surface area contributed by atoms with Gasteiger partial charge in [-0.1, -0.05) is 0 Å². The van der Waals surface area contributed by atoms with E-state index in [-0.39, 0.29) is 11.9 Å². The Labute approximate surface area is 105 Å². The number of ether oxygens (including phenoxy) is 1. The maximum atomic E-state index is 12.1. The molecule has 0 spiro atoms. The predicted molar refractivity (Wildman–Crippen MR) is 69.0 cm³/mol. The molecule has 0 aromatic carbocycles. The minimum atomic E-state index is -0.728. The SMILES string of the molecule is CCOC(C)(C)C(=O)N[C@@H]1CCC[C@H]1N(C)C. The van der Waals surface area contributed by atoms with Crippen molar-refractivity contribution in [3.05, 3.63) is 0 Å². The normalized spacial score (nSPS) is 25.3. The van der Waals surface area contributed by atoms with Gasteiger partial charge in [-0.15, -0.1) is 0 Å². The maximum Gasteiger partial charge on any atom is 0.251 e. The lowest BCUT2D eigenvalue weighted by Crippen LogP contribution is -2.52. The Kier molecular flexibility index (Phi) is 4.95. The van der Waals surface area contributed by atoms with Gasteiger partial charge in [0.15, 0.2) is 0 Å². The fraction of sp³-hybridized carbons (Fsp3) is 0.923. The molecule has 0 bridgehead atoms. The molecule has 17 heavy (non-hydrogen) atoms. The summed E-state index contributed by atoms with van der Waals surface area (Å²) in [5, 5.41) is 3.13. The Morgan fingerprint density at radius 1 is 1.41 bits per heavy atom. The summed E-state index contributed by atoms with van der Waals surface area (Å²) in [6.45, 7) is 6.12. The van der Waals surface area contributed by atoms with E-state index in [1.165, 1.54) is 6.42 Å². The summed E-state index contributed by atoms with van der Waals surface area (Å²) in [6.07, 6.45) is 3.41. The van der Waals surface area contributed by atoms with Crippen LogP contribution < -0.4 is 5.32 Å². The van der Waals surface area contributed by atoms with E-state index in [1.54, 1.807) is 0 Å². The number of likely N-dealkylation sites (N-methyl/N-ethyl adjacent to an activating group) is 1. The van der Waals surface area contributed by atoms with Gasteiger partial charge in [-0.05, 0) is 54.1 Å². The van der Waals surface area contributed by atoms with Crippen LogP contribution >= 0.6 is 0 Å². The summed E-state index contributed by atoms with van der Waals surface area (Å²) in [5.41, 5.74) is -0.728. The fourth-order valence-corrected chi connectivity index (χ4v) is 2.50. The second-order valence-corrected chi connectivity index (χ2v) is 5.49. The number of rotatable bonds is 5. The van der Waals surface area contributed by atoms with E-state index in [0.29, 0.717) is 12.6 Å². The van der Waals surface area contributed by atoms with Crippen molar-refractivity contribution >= 4 is 5.91 Å². The van der Waals surface area contributed by atoms with Gasteiger partial charge in [-0.3, -0.25) is 4.79 Å². The predicted octanol–water partition coefficient (Wildman–Crippen LogP) is 1.40. The number of carbonyl (C=O) groups excluding carboxylic acids is 1. The van der Waals surface area contributed by atoms with Gasteiger partial charge in [0.25, 0.3) is 5.91 Å². The molecule has 0 aliphatic heterocycles. The van der Waals surface area contributed by atoms with E-state index in [9.17, 15) is 4.79 Å². The molecule has 1 aliphatic carbocycles. The van der Waals surface area contributed by atoms with E-state index in [2.05, 4.69) is 24.3 Å². The number of hydrogen-bond acceptors (Lipinski definition) is 3. The smallest absolute Gasteiger partial charge is 0.251 e. The van der Waals surface area contributed by atoms with Gasteiger partial charge < -0.3 is 15.0 Å². The van der Waals surface area contributed by atoms with Gasteiger partial charge in [-0.25, -0.2) is 0 Å². The van der Waals surface area contributed by atoms with Crippen molar-refractivity contribution in [1.29, 1.82) is 0 Å². The first-order valence-corrected chi connectivity index (χ1v) is 6.50. The molecule has 1 fully saturated rings. The first kappa shape index (κ1) is 14.5. The molecule has 0 aromatic rings. The van der Waals surface area contributed by atoms with Crippen LogP contribution in [0.25, 0.3) is 0 Å². The number of carbonyl (C=O) groups is 1. The van der Waals surface area contributed by atoms with Gasteiger partial charge >= 0.3 is 0 Å². The van der Waals surface area contributed by atoms with Crippen molar-refractivity contribution in [1.82, 2.24) is 10.2 Å². The Bertz CT molecular complexity index is 264. The quantitative estimate of drug-likeness (QED) is 0.792. The molecule has 0 heterocycles. The molecule has 2 atom stereocenters. The summed E-state index contributed by atoms with van der Waals surface area (Å²) < 4.78 is 5.47. The molecule has 1 aliphatic rings. The zero-order valence-corrected chi connectivity index (χ0v) is 11.7. The number of nitrogens with zero attached hydrogens (tertiary/aromatic N) is 1. The highest BCUT2D eigenvalue weighted by Gasteiger charge is 2.35. The minimum Gasteiger partial charge on any atom is -0.366 e. The molecule has 100 valence electrons. The van der Waals surface area contributed by atoms with Crippen LogP contribution in [0.5, 0.6) is 0 Å². The second-order valence-electron chi connectivity index (χ2n) is 5.49. The Hall–Kier alpha value is -0.610. The number of nitrogens with one attached hydrogen (secondary N) is 1. The van der Waals surface area contributed by atoms with Crippen molar-refractivity contribution < 1.29 is 9.53 Å². The van der Waals surface area contributed by atoms with Gasteiger partial charge in [0, 0.05) is 18.7 Å². The number of amides is 1. The standard InChI is InChI=1S/C13H26N2O2/c1-6-17-13(2,3)12(16)14-10-8-7-9-11(10)15(4)5/h10-11H,6-9H2,1-5H3,(H,14,16)/t10-,11-/m1/s1. The van der Waals surface area contributed by atoms with Gasteiger partial charge in [0.1, 0.15) is 5.60 Å². The van der Waals surface area contributed by atoms with Gasteiger partial charge in [-0.2, -0.15) is 0 Å². The first-order valence-electron chi connectivity index (χ1n) is 6.50. The van der Waals surface area contributed by atoms with Gasteiger partial charge in [0.05, 0.1) is 0 Å². The highest BCUT2D eigenvalue weighted by molar-refractivity contribution is 5.84.